The molecule has 0 aromatic heterocycles. The van der Waals surface area contributed by atoms with Gasteiger partial charge in [-0.1, -0.05) is 39.0 Å². The number of rotatable bonds is 13. The van der Waals surface area contributed by atoms with Gasteiger partial charge in [0.15, 0.2) is 0 Å². The average molecular weight is 345 g/mol. The predicted molar refractivity (Wildman–Crippen MR) is 87.7 cm³/mol. The maximum Gasteiger partial charge on any atom is 0.465 e. The highest BCUT2D eigenvalue weighted by molar-refractivity contribution is 5.73. The van der Waals surface area contributed by atoms with E-state index in [4.69, 9.17) is 6.42 Å². The van der Waals surface area contributed by atoms with Crippen molar-refractivity contribution in [3.8, 4) is 12.3 Å². The molecule has 0 saturated heterocycles. The average Bonchev–Trinajstić information content (AvgIpc) is 2.58. The predicted octanol–water partition coefficient (Wildman–Crippen LogP) is -0.724. The molecule has 0 spiro atoms. The van der Waals surface area contributed by atoms with Gasteiger partial charge in [0, 0.05) is 4.91 Å². The number of carbonyl (C=O) groups excluding carboxylic acids is 1. The van der Waals surface area contributed by atoms with E-state index in [-0.39, 0.29) is 4.76 Å². The summed E-state index contributed by atoms with van der Waals surface area (Å²) in [6.45, 7) is 1.95. The van der Waals surface area contributed by atoms with E-state index < -0.39 is 37.0 Å². The largest absolute Gasteiger partial charge is 0.465 e. The number of amides is 1. The van der Waals surface area contributed by atoms with E-state index >= 15 is 0 Å². The molecule has 0 radical (unpaired) electrons. The van der Waals surface area contributed by atoms with E-state index in [9.17, 15) is 30.1 Å². The number of aliphatic hydroxyl groups excluding tert-OH is 4. The summed E-state index contributed by atoms with van der Waals surface area (Å²) in [5, 5.41) is 41.4. The fourth-order valence-electron chi connectivity index (χ4n) is 2.10. The Hall–Kier alpha value is -1.37. The fraction of sp³-hybridized carbons (Fsp3) is 0.812. The van der Waals surface area contributed by atoms with E-state index in [0.29, 0.717) is 6.54 Å². The van der Waals surface area contributed by atoms with Crippen molar-refractivity contribution in [3.05, 3.63) is 4.91 Å². The molecule has 8 heteroatoms. The molecule has 0 saturated carbocycles. The lowest BCUT2D eigenvalue weighted by Gasteiger charge is -2.24. The molecule has 0 rings (SSSR count). The summed E-state index contributed by atoms with van der Waals surface area (Å²) in [5.41, 5.74) is 0. The SMILES string of the molecule is C#CC[N+](=O)C(=O)C(O)[C@H](O)C(O)C(O)NCCCCCCCC. The minimum atomic E-state index is -2.17. The lowest BCUT2D eigenvalue weighted by atomic mass is 10.1. The van der Waals surface area contributed by atoms with Crippen molar-refractivity contribution in [1.82, 2.24) is 5.32 Å². The van der Waals surface area contributed by atoms with Crippen molar-refractivity contribution >= 4 is 5.91 Å². The summed E-state index contributed by atoms with van der Waals surface area (Å²) in [7, 11) is 0. The molecule has 0 fully saturated rings. The first kappa shape index (κ1) is 22.6. The summed E-state index contributed by atoms with van der Waals surface area (Å²) in [6, 6.07) is 0. The molecule has 1 amide bonds. The van der Waals surface area contributed by atoms with Crippen molar-refractivity contribution in [2.75, 3.05) is 13.1 Å². The Morgan fingerprint density at radius 1 is 1.08 bits per heavy atom. The second-order valence-electron chi connectivity index (χ2n) is 5.67. The Morgan fingerprint density at radius 3 is 2.25 bits per heavy atom. The third-order valence-electron chi connectivity index (χ3n) is 3.61. The highest BCUT2D eigenvalue weighted by Gasteiger charge is 2.41. The number of hydrogen-bond acceptors (Lipinski definition) is 7. The summed E-state index contributed by atoms with van der Waals surface area (Å²) in [4.78, 5) is 22.7. The second kappa shape index (κ2) is 13.0. The molecule has 0 aliphatic carbocycles. The van der Waals surface area contributed by atoms with Gasteiger partial charge in [0.1, 0.15) is 18.4 Å². The highest BCUT2D eigenvalue weighted by atomic mass is 16.4. The van der Waals surface area contributed by atoms with Crippen LogP contribution in [0, 0.1) is 17.3 Å². The van der Waals surface area contributed by atoms with Crippen molar-refractivity contribution < 1.29 is 30.0 Å². The Morgan fingerprint density at radius 2 is 1.67 bits per heavy atom. The van der Waals surface area contributed by atoms with Gasteiger partial charge in [-0.25, -0.2) is 4.79 Å². The van der Waals surface area contributed by atoms with E-state index in [1.54, 1.807) is 0 Å². The number of nitroso groups, excluding NO2 is 1. The van der Waals surface area contributed by atoms with Gasteiger partial charge in [0.2, 0.25) is 6.10 Å². The molecule has 0 aliphatic rings. The Labute approximate surface area is 142 Å². The van der Waals surface area contributed by atoms with Crippen LogP contribution in [0.4, 0.5) is 0 Å². The lowest BCUT2D eigenvalue weighted by molar-refractivity contribution is -0.463. The minimum Gasteiger partial charge on any atom is -0.387 e. The number of aliphatic hydroxyl groups is 4. The molecule has 0 bridgehead atoms. The third-order valence-corrected chi connectivity index (χ3v) is 3.61. The van der Waals surface area contributed by atoms with Crippen molar-refractivity contribution in [3.63, 3.8) is 0 Å². The lowest BCUT2D eigenvalue weighted by Crippen LogP contribution is -2.53. The number of hydrogen-bond donors (Lipinski definition) is 5. The molecule has 138 valence electrons. The molecule has 0 aromatic carbocycles. The van der Waals surface area contributed by atoms with Crippen LogP contribution in [0.25, 0.3) is 0 Å². The standard InChI is InChI=1S/C16H29N2O6/c1-3-5-6-7-8-9-10-17-15(22)13(20)12(19)14(21)16(23)18(24)11-4-2/h2,12-15,17,19-22H,3,5-11H2,1H3/q+1/t12-,13?,14?,15?/m1/s1. The van der Waals surface area contributed by atoms with Crippen LogP contribution in [0.1, 0.15) is 45.4 Å². The van der Waals surface area contributed by atoms with Crippen LogP contribution in [-0.2, 0) is 4.79 Å². The van der Waals surface area contributed by atoms with Gasteiger partial charge in [0.25, 0.3) is 6.54 Å². The van der Waals surface area contributed by atoms with Gasteiger partial charge in [-0.15, -0.1) is 6.42 Å². The quantitative estimate of drug-likeness (QED) is 0.129. The molecular weight excluding hydrogens is 316 g/mol. The molecule has 24 heavy (non-hydrogen) atoms. The molecule has 4 atom stereocenters. The normalized spacial score (nSPS) is 16.0. The zero-order valence-electron chi connectivity index (χ0n) is 14.1. The van der Waals surface area contributed by atoms with E-state index in [0.717, 1.165) is 32.1 Å². The van der Waals surface area contributed by atoms with Gasteiger partial charge < -0.3 is 20.4 Å². The van der Waals surface area contributed by atoms with Crippen LogP contribution >= 0.6 is 0 Å². The molecule has 0 heterocycles. The summed E-state index contributed by atoms with van der Waals surface area (Å²) >= 11 is 0. The van der Waals surface area contributed by atoms with Gasteiger partial charge in [-0.05, 0) is 18.9 Å². The first-order valence-corrected chi connectivity index (χ1v) is 8.24. The van der Waals surface area contributed by atoms with Gasteiger partial charge in [-0.2, -0.15) is 0 Å². The number of carbonyl (C=O) groups is 1. The van der Waals surface area contributed by atoms with Crippen LogP contribution in [0.3, 0.4) is 0 Å². The molecule has 0 aliphatic heterocycles. The van der Waals surface area contributed by atoms with E-state index in [1.165, 1.54) is 6.42 Å². The van der Waals surface area contributed by atoms with Crippen LogP contribution < -0.4 is 5.32 Å². The van der Waals surface area contributed by atoms with Gasteiger partial charge in [-0.3, -0.25) is 5.32 Å². The van der Waals surface area contributed by atoms with Crippen molar-refractivity contribution in [2.45, 2.75) is 70.0 Å². The van der Waals surface area contributed by atoms with Crippen molar-refractivity contribution in [2.24, 2.45) is 0 Å². The number of nitrogens with one attached hydrogen (secondary N) is 1. The molecule has 5 N–H and O–H groups in total. The van der Waals surface area contributed by atoms with E-state index in [1.807, 2.05) is 5.92 Å². The topological polar surface area (TPSA) is 130 Å². The smallest absolute Gasteiger partial charge is 0.387 e. The van der Waals surface area contributed by atoms with Crippen LogP contribution in [-0.4, -0.2) is 68.7 Å². The number of nitrogens with zero attached hydrogens (tertiary/aromatic N) is 1. The highest BCUT2D eigenvalue weighted by Crippen LogP contribution is 2.07. The van der Waals surface area contributed by atoms with Gasteiger partial charge >= 0.3 is 5.91 Å². The summed E-state index contributed by atoms with van der Waals surface area (Å²) in [6.07, 6.45) is 3.64. The fourth-order valence-corrected chi connectivity index (χ4v) is 2.10. The second-order valence-corrected chi connectivity index (χ2v) is 5.67. The number of unbranched alkanes of at least 4 members (excludes halogenated alkanes) is 5. The molecule has 3 unspecified atom stereocenters. The monoisotopic (exact) mass is 345 g/mol. The zero-order chi connectivity index (χ0) is 18.5. The molecule has 0 aromatic rings. The Balaban J connectivity index is 4.17. The minimum absolute atomic E-state index is 0.198. The maximum atomic E-state index is 11.5. The maximum absolute atomic E-state index is 11.5. The first-order chi connectivity index (χ1) is 11.4. The summed E-state index contributed by atoms with van der Waals surface area (Å²) < 4.78 is -0.198. The van der Waals surface area contributed by atoms with Crippen LogP contribution in [0.15, 0.2) is 0 Å². The number of terminal acetylenes is 1. The van der Waals surface area contributed by atoms with Crippen molar-refractivity contribution in [1.29, 1.82) is 0 Å². The molecule has 8 nitrogen and oxygen atoms in total. The van der Waals surface area contributed by atoms with Crippen LogP contribution in [0.2, 0.25) is 0 Å². The molecular formula is C16H29N2O6+. The van der Waals surface area contributed by atoms with Gasteiger partial charge in [0.05, 0.1) is 4.76 Å². The third kappa shape index (κ3) is 8.47. The van der Waals surface area contributed by atoms with Crippen LogP contribution in [0.5, 0.6) is 0 Å². The van der Waals surface area contributed by atoms with E-state index in [2.05, 4.69) is 12.2 Å². The first-order valence-electron chi connectivity index (χ1n) is 8.24. The Kier molecular flexibility index (Phi) is 12.2. The summed E-state index contributed by atoms with van der Waals surface area (Å²) in [5.74, 6) is 0.550. The zero-order valence-corrected chi connectivity index (χ0v) is 14.1. The Bertz CT molecular complexity index is 423.